The number of carbonyl (C=O) groups is 1. The van der Waals surface area contributed by atoms with E-state index < -0.39 is 0 Å². The highest BCUT2D eigenvalue weighted by molar-refractivity contribution is 7.18. The van der Waals surface area contributed by atoms with Crippen LogP contribution in [0.1, 0.15) is 41.8 Å². The third-order valence-corrected chi connectivity index (χ3v) is 4.08. The van der Waals surface area contributed by atoms with Crippen molar-refractivity contribution in [1.29, 1.82) is 0 Å². The predicted molar refractivity (Wildman–Crippen MR) is 78.2 cm³/mol. The molecule has 2 rings (SSSR count). The summed E-state index contributed by atoms with van der Waals surface area (Å²) in [6.45, 7) is 0.561. The maximum atomic E-state index is 11.9. The third kappa shape index (κ3) is 3.61. The molecule has 4 N–H and O–H groups in total. The number of aromatic nitrogens is 1. The van der Waals surface area contributed by atoms with E-state index in [0.29, 0.717) is 29.7 Å². The lowest BCUT2D eigenvalue weighted by Gasteiger charge is -2.25. The molecular weight excluding hydrogens is 260 g/mol. The van der Waals surface area contributed by atoms with Crippen LogP contribution in [0.2, 0.25) is 0 Å². The van der Waals surface area contributed by atoms with Crippen LogP contribution in [0.15, 0.2) is 0 Å². The molecule has 1 fully saturated rings. The van der Waals surface area contributed by atoms with Crippen molar-refractivity contribution in [2.45, 2.75) is 38.1 Å². The maximum Gasteiger partial charge on any atom is 0.265 e. The molecule has 1 heterocycles. The van der Waals surface area contributed by atoms with Crippen LogP contribution in [0.4, 0.5) is 10.9 Å². The van der Waals surface area contributed by atoms with Crippen molar-refractivity contribution in [2.75, 3.05) is 17.6 Å². The number of carbonyl (C=O) groups excluding carboxylic acids is 1. The van der Waals surface area contributed by atoms with Gasteiger partial charge in [0.2, 0.25) is 0 Å². The van der Waals surface area contributed by atoms with Crippen LogP contribution >= 0.6 is 11.3 Å². The molecule has 1 amide bonds. The number of thiazole rings is 1. The van der Waals surface area contributed by atoms with Crippen LogP contribution in [0.5, 0.6) is 0 Å². The van der Waals surface area contributed by atoms with E-state index in [0.717, 1.165) is 24.4 Å². The molecule has 0 bridgehead atoms. The van der Waals surface area contributed by atoms with Gasteiger partial charge < -0.3 is 16.4 Å². The standard InChI is InChI=1S/C13H18N4OS/c1-2-3-4-8-15-12(18)10-11(14)17-13(19-10)16-9-6-5-7-9/h1,9H,3-8,14H2,(H,15,18)(H,16,17). The fraction of sp³-hybridized carbons (Fsp3) is 0.538. The SMILES string of the molecule is C#CCCCNC(=O)c1sc(NC2CCC2)nc1N. The van der Waals surface area contributed by atoms with E-state index in [4.69, 9.17) is 12.2 Å². The minimum absolute atomic E-state index is 0.173. The summed E-state index contributed by atoms with van der Waals surface area (Å²) in [6, 6.07) is 0.483. The number of amides is 1. The van der Waals surface area contributed by atoms with Gasteiger partial charge in [0.05, 0.1) is 0 Å². The maximum absolute atomic E-state index is 11.9. The first kappa shape index (κ1) is 13.7. The molecule has 5 nitrogen and oxygen atoms in total. The lowest BCUT2D eigenvalue weighted by Crippen LogP contribution is -2.26. The summed E-state index contributed by atoms with van der Waals surface area (Å²) < 4.78 is 0. The monoisotopic (exact) mass is 278 g/mol. The van der Waals surface area contributed by atoms with E-state index in [1.54, 1.807) is 0 Å². The summed E-state index contributed by atoms with van der Waals surface area (Å²) in [7, 11) is 0. The second kappa shape index (κ2) is 6.43. The van der Waals surface area contributed by atoms with Crippen LogP contribution < -0.4 is 16.4 Å². The van der Waals surface area contributed by atoms with Gasteiger partial charge in [-0.3, -0.25) is 4.79 Å². The van der Waals surface area contributed by atoms with Crippen molar-refractivity contribution in [3.05, 3.63) is 4.88 Å². The molecule has 1 saturated carbocycles. The largest absolute Gasteiger partial charge is 0.382 e. The van der Waals surface area contributed by atoms with E-state index in [9.17, 15) is 4.79 Å². The van der Waals surface area contributed by atoms with E-state index in [1.807, 2.05) is 0 Å². The Labute approximate surface area is 117 Å². The Morgan fingerprint density at radius 1 is 1.58 bits per heavy atom. The number of hydrogen-bond acceptors (Lipinski definition) is 5. The zero-order valence-corrected chi connectivity index (χ0v) is 11.6. The first-order valence-electron chi connectivity index (χ1n) is 6.45. The summed E-state index contributed by atoms with van der Waals surface area (Å²) in [5.74, 6) is 2.66. The fourth-order valence-electron chi connectivity index (χ4n) is 1.76. The number of nitrogens with one attached hydrogen (secondary N) is 2. The van der Waals surface area contributed by atoms with Crippen LogP contribution in [0.25, 0.3) is 0 Å². The summed E-state index contributed by atoms with van der Waals surface area (Å²) >= 11 is 1.31. The predicted octanol–water partition coefficient (Wildman–Crippen LogP) is 1.83. The van der Waals surface area contributed by atoms with Gasteiger partial charge in [0.1, 0.15) is 10.7 Å². The van der Waals surface area contributed by atoms with E-state index in [1.165, 1.54) is 17.8 Å². The Kier molecular flexibility index (Phi) is 4.63. The molecule has 19 heavy (non-hydrogen) atoms. The van der Waals surface area contributed by atoms with Crippen molar-refractivity contribution in [1.82, 2.24) is 10.3 Å². The molecule has 0 saturated heterocycles. The minimum Gasteiger partial charge on any atom is -0.382 e. The molecule has 1 aromatic rings. The Hall–Kier alpha value is -1.74. The Bertz CT molecular complexity index is 487. The second-order valence-corrected chi connectivity index (χ2v) is 5.57. The Morgan fingerprint density at radius 2 is 2.37 bits per heavy atom. The number of unbranched alkanes of at least 4 members (excludes halogenated alkanes) is 1. The van der Waals surface area contributed by atoms with Gasteiger partial charge in [0, 0.05) is 19.0 Å². The molecule has 0 radical (unpaired) electrons. The first-order chi connectivity index (χ1) is 9.20. The topological polar surface area (TPSA) is 80.0 Å². The smallest absolute Gasteiger partial charge is 0.265 e. The van der Waals surface area contributed by atoms with Crippen LogP contribution in [-0.2, 0) is 0 Å². The Balaban J connectivity index is 1.88. The molecule has 6 heteroatoms. The van der Waals surface area contributed by atoms with Gasteiger partial charge in [-0.15, -0.1) is 12.3 Å². The van der Waals surface area contributed by atoms with E-state index in [2.05, 4.69) is 21.5 Å². The van der Waals surface area contributed by atoms with Crippen molar-refractivity contribution in [3.63, 3.8) is 0 Å². The van der Waals surface area contributed by atoms with Crippen LogP contribution in [0, 0.1) is 12.3 Å². The van der Waals surface area contributed by atoms with Gasteiger partial charge in [0.15, 0.2) is 5.13 Å². The van der Waals surface area contributed by atoms with Gasteiger partial charge in [-0.05, 0) is 25.7 Å². The van der Waals surface area contributed by atoms with Gasteiger partial charge in [-0.1, -0.05) is 11.3 Å². The van der Waals surface area contributed by atoms with Gasteiger partial charge in [0.25, 0.3) is 5.91 Å². The molecule has 0 spiro atoms. The van der Waals surface area contributed by atoms with Crippen LogP contribution in [-0.4, -0.2) is 23.5 Å². The van der Waals surface area contributed by atoms with E-state index in [-0.39, 0.29) is 5.91 Å². The molecule has 0 aliphatic heterocycles. The Morgan fingerprint density at radius 3 is 3.00 bits per heavy atom. The highest BCUT2D eigenvalue weighted by Gasteiger charge is 2.21. The molecule has 1 aromatic heterocycles. The molecule has 1 aliphatic carbocycles. The lowest BCUT2D eigenvalue weighted by atomic mass is 9.93. The summed E-state index contributed by atoms with van der Waals surface area (Å²) in [4.78, 5) is 16.6. The van der Waals surface area contributed by atoms with Crippen LogP contribution in [0.3, 0.4) is 0 Å². The molecule has 0 atom stereocenters. The molecule has 0 aromatic carbocycles. The van der Waals surface area contributed by atoms with Crippen molar-refractivity contribution in [3.8, 4) is 12.3 Å². The van der Waals surface area contributed by atoms with Gasteiger partial charge in [-0.2, -0.15) is 0 Å². The molecular formula is C13H18N4OS. The lowest BCUT2D eigenvalue weighted by molar-refractivity contribution is 0.0958. The third-order valence-electron chi connectivity index (χ3n) is 3.08. The normalized spacial score (nSPS) is 14.5. The molecule has 0 unspecified atom stereocenters. The number of nitrogens with zero attached hydrogens (tertiary/aromatic N) is 1. The highest BCUT2D eigenvalue weighted by atomic mass is 32.1. The zero-order chi connectivity index (χ0) is 13.7. The number of nitrogens with two attached hydrogens (primary N) is 1. The van der Waals surface area contributed by atoms with Gasteiger partial charge in [-0.25, -0.2) is 4.98 Å². The number of rotatable bonds is 6. The summed E-state index contributed by atoms with van der Waals surface area (Å²) in [6.07, 6.45) is 10.2. The average molecular weight is 278 g/mol. The number of anilines is 2. The quantitative estimate of drug-likeness (QED) is 0.548. The fourth-order valence-corrected chi connectivity index (χ4v) is 2.63. The van der Waals surface area contributed by atoms with Crippen molar-refractivity contribution >= 4 is 28.2 Å². The number of terminal acetylenes is 1. The van der Waals surface area contributed by atoms with Crippen molar-refractivity contribution in [2.24, 2.45) is 0 Å². The summed E-state index contributed by atoms with van der Waals surface area (Å²) in [5.41, 5.74) is 5.77. The summed E-state index contributed by atoms with van der Waals surface area (Å²) in [5, 5.41) is 6.82. The molecule has 1 aliphatic rings. The van der Waals surface area contributed by atoms with Gasteiger partial charge >= 0.3 is 0 Å². The van der Waals surface area contributed by atoms with E-state index >= 15 is 0 Å². The second-order valence-electron chi connectivity index (χ2n) is 4.57. The number of hydrogen-bond donors (Lipinski definition) is 3. The first-order valence-corrected chi connectivity index (χ1v) is 7.27. The molecule has 102 valence electrons. The zero-order valence-electron chi connectivity index (χ0n) is 10.7. The highest BCUT2D eigenvalue weighted by Crippen LogP contribution is 2.29. The van der Waals surface area contributed by atoms with Crippen molar-refractivity contribution < 1.29 is 4.79 Å². The average Bonchev–Trinajstić information content (AvgIpc) is 2.71. The number of nitrogen functional groups attached to an aromatic ring is 1. The minimum atomic E-state index is -0.173.